The van der Waals surface area contributed by atoms with E-state index in [1.165, 1.54) is 4.90 Å². The third-order valence-corrected chi connectivity index (χ3v) is 5.00. The van der Waals surface area contributed by atoms with E-state index >= 15 is 0 Å². The minimum absolute atomic E-state index is 0.101. The Bertz CT molecular complexity index is 1070. The molecule has 30 heavy (non-hydrogen) atoms. The molecule has 0 unspecified atom stereocenters. The van der Waals surface area contributed by atoms with Crippen molar-refractivity contribution in [1.29, 1.82) is 0 Å². The first-order valence-corrected chi connectivity index (χ1v) is 10.1. The molecule has 0 aliphatic carbocycles. The Balaban J connectivity index is 1.74. The monoisotopic (exact) mass is 471 g/mol. The smallest absolute Gasteiger partial charge is 0.276 e. The Morgan fingerprint density at radius 3 is 2.67 bits per heavy atom. The lowest BCUT2D eigenvalue weighted by atomic mass is 10.2. The number of nitrogens with one attached hydrogen (secondary N) is 1. The molecule has 3 rings (SSSR count). The molecule has 156 valence electrons. The van der Waals surface area contributed by atoms with E-state index in [9.17, 15) is 9.59 Å². The van der Waals surface area contributed by atoms with Crippen molar-refractivity contribution in [3.63, 3.8) is 0 Å². The Labute approximate surface area is 183 Å². The maximum absolute atomic E-state index is 13.0. The number of amides is 2. The molecule has 9 heteroatoms. The summed E-state index contributed by atoms with van der Waals surface area (Å²) >= 11 is 3.43. The number of nitrogens with zero attached hydrogens (tertiary/aromatic N) is 4. The zero-order chi connectivity index (χ0) is 21.7. The molecule has 0 fully saturated rings. The predicted molar refractivity (Wildman–Crippen MR) is 117 cm³/mol. The lowest BCUT2D eigenvalue weighted by Gasteiger charge is -2.19. The van der Waals surface area contributed by atoms with Gasteiger partial charge in [0.2, 0.25) is 5.91 Å². The van der Waals surface area contributed by atoms with Crippen molar-refractivity contribution in [2.75, 3.05) is 25.5 Å². The van der Waals surface area contributed by atoms with Crippen molar-refractivity contribution >= 4 is 33.4 Å². The summed E-state index contributed by atoms with van der Waals surface area (Å²) in [7, 11) is 1.56. The molecule has 0 aliphatic rings. The zero-order valence-corrected chi connectivity index (χ0v) is 18.5. The van der Waals surface area contributed by atoms with Gasteiger partial charge in [-0.3, -0.25) is 9.59 Å². The van der Waals surface area contributed by atoms with Crippen LogP contribution in [0.5, 0.6) is 5.75 Å². The number of halogens is 1. The fourth-order valence-electron chi connectivity index (χ4n) is 2.93. The van der Waals surface area contributed by atoms with Gasteiger partial charge in [0.1, 0.15) is 12.3 Å². The number of hydrogen-bond donors (Lipinski definition) is 1. The molecule has 0 spiro atoms. The van der Waals surface area contributed by atoms with Gasteiger partial charge in [-0.1, -0.05) is 33.3 Å². The maximum Gasteiger partial charge on any atom is 0.276 e. The Morgan fingerprint density at radius 2 is 1.97 bits per heavy atom. The standard InChI is InChI=1S/C21H22BrN5O3/c1-4-26(13-19(28)23-16-8-6-10-18(12-16)30-3)21(29)20-14(2)27(25-24-20)17-9-5-7-15(22)11-17/h5-12H,4,13H2,1-3H3,(H,23,28). The quantitative estimate of drug-likeness (QED) is 0.569. The second kappa shape index (κ2) is 9.53. The van der Waals surface area contributed by atoms with Crippen molar-refractivity contribution < 1.29 is 14.3 Å². The van der Waals surface area contributed by atoms with Crippen molar-refractivity contribution in [3.8, 4) is 11.4 Å². The van der Waals surface area contributed by atoms with E-state index in [2.05, 4.69) is 31.6 Å². The number of carbonyl (C=O) groups is 2. The van der Waals surface area contributed by atoms with E-state index in [1.807, 2.05) is 31.2 Å². The van der Waals surface area contributed by atoms with Crippen LogP contribution in [0.2, 0.25) is 0 Å². The molecule has 3 aromatic rings. The van der Waals surface area contributed by atoms with Crippen LogP contribution in [0.4, 0.5) is 5.69 Å². The summed E-state index contributed by atoms with van der Waals surface area (Å²) in [6.45, 7) is 3.84. The largest absolute Gasteiger partial charge is 0.497 e. The minimum atomic E-state index is -0.350. The van der Waals surface area contributed by atoms with Gasteiger partial charge in [-0.25, -0.2) is 4.68 Å². The van der Waals surface area contributed by atoms with E-state index in [0.717, 1.165) is 10.2 Å². The maximum atomic E-state index is 13.0. The first-order valence-electron chi connectivity index (χ1n) is 9.34. The summed E-state index contributed by atoms with van der Waals surface area (Å²) in [6.07, 6.45) is 0. The topological polar surface area (TPSA) is 89.3 Å². The van der Waals surface area contributed by atoms with Gasteiger partial charge < -0.3 is 15.0 Å². The third-order valence-electron chi connectivity index (χ3n) is 4.51. The van der Waals surface area contributed by atoms with Crippen molar-refractivity contribution in [1.82, 2.24) is 19.9 Å². The molecule has 0 saturated heterocycles. The van der Waals surface area contributed by atoms with Gasteiger partial charge in [0.25, 0.3) is 5.91 Å². The summed E-state index contributed by atoms with van der Waals surface area (Å²) < 4.78 is 7.65. The number of benzene rings is 2. The zero-order valence-electron chi connectivity index (χ0n) is 16.9. The van der Waals surface area contributed by atoms with Crippen LogP contribution in [0, 0.1) is 6.92 Å². The van der Waals surface area contributed by atoms with Crippen molar-refractivity contribution in [2.24, 2.45) is 0 Å². The van der Waals surface area contributed by atoms with Gasteiger partial charge in [0.05, 0.1) is 18.5 Å². The number of rotatable bonds is 7. The number of anilines is 1. The van der Waals surface area contributed by atoms with Crippen LogP contribution < -0.4 is 10.1 Å². The van der Waals surface area contributed by atoms with Crippen LogP contribution in [0.3, 0.4) is 0 Å². The van der Waals surface area contributed by atoms with Gasteiger partial charge in [-0.2, -0.15) is 0 Å². The van der Waals surface area contributed by atoms with Gasteiger partial charge in [-0.05, 0) is 44.2 Å². The number of carbonyl (C=O) groups excluding carboxylic acids is 2. The van der Waals surface area contributed by atoms with Gasteiger partial charge >= 0.3 is 0 Å². The van der Waals surface area contributed by atoms with E-state index in [4.69, 9.17) is 4.74 Å². The highest BCUT2D eigenvalue weighted by Gasteiger charge is 2.24. The van der Waals surface area contributed by atoms with E-state index in [-0.39, 0.29) is 24.1 Å². The number of hydrogen-bond acceptors (Lipinski definition) is 5. The first kappa shape index (κ1) is 21.5. The molecule has 0 atom stereocenters. The Morgan fingerprint density at radius 1 is 1.20 bits per heavy atom. The van der Waals surface area contributed by atoms with Crippen molar-refractivity contribution in [2.45, 2.75) is 13.8 Å². The molecule has 0 radical (unpaired) electrons. The second-order valence-electron chi connectivity index (χ2n) is 6.51. The first-order chi connectivity index (χ1) is 14.4. The average Bonchev–Trinajstić information content (AvgIpc) is 3.13. The summed E-state index contributed by atoms with van der Waals surface area (Å²) in [5.74, 6) is -0.0245. The summed E-state index contributed by atoms with van der Waals surface area (Å²) in [6, 6.07) is 14.6. The fraction of sp³-hybridized carbons (Fsp3) is 0.238. The molecular formula is C21H22BrN5O3. The van der Waals surface area contributed by atoms with Crippen LogP contribution in [-0.4, -0.2) is 51.9 Å². The molecule has 0 bridgehead atoms. The lowest BCUT2D eigenvalue weighted by molar-refractivity contribution is -0.116. The van der Waals surface area contributed by atoms with Crippen molar-refractivity contribution in [3.05, 3.63) is 64.4 Å². The predicted octanol–water partition coefficient (Wildman–Crippen LogP) is 3.45. The van der Waals surface area contributed by atoms with Gasteiger partial charge in [0, 0.05) is 22.8 Å². The lowest BCUT2D eigenvalue weighted by Crippen LogP contribution is -2.38. The molecule has 0 saturated carbocycles. The number of ether oxygens (including phenoxy) is 1. The van der Waals surface area contributed by atoms with Crippen LogP contribution in [0.1, 0.15) is 23.1 Å². The molecule has 8 nitrogen and oxygen atoms in total. The minimum Gasteiger partial charge on any atom is -0.497 e. The summed E-state index contributed by atoms with van der Waals surface area (Å²) in [5.41, 5.74) is 2.20. The molecule has 1 aromatic heterocycles. The molecule has 0 aliphatic heterocycles. The van der Waals surface area contributed by atoms with Gasteiger partial charge in [-0.15, -0.1) is 5.10 Å². The molecular weight excluding hydrogens is 450 g/mol. The molecule has 1 N–H and O–H groups in total. The fourth-order valence-corrected chi connectivity index (χ4v) is 3.32. The molecule has 2 amide bonds. The number of methoxy groups -OCH3 is 1. The number of aromatic nitrogens is 3. The van der Waals surface area contributed by atoms with E-state index in [0.29, 0.717) is 23.7 Å². The second-order valence-corrected chi connectivity index (χ2v) is 7.43. The summed E-state index contributed by atoms with van der Waals surface area (Å²) in [5, 5.41) is 11.0. The Hall–Kier alpha value is -3.20. The average molecular weight is 472 g/mol. The highest BCUT2D eigenvalue weighted by molar-refractivity contribution is 9.10. The highest BCUT2D eigenvalue weighted by atomic mass is 79.9. The van der Waals surface area contributed by atoms with Crippen LogP contribution in [0.25, 0.3) is 5.69 Å². The normalized spacial score (nSPS) is 10.5. The molecule has 2 aromatic carbocycles. The number of likely N-dealkylation sites (N-methyl/N-ethyl adjacent to an activating group) is 1. The third kappa shape index (κ3) is 4.85. The molecule has 1 heterocycles. The van der Waals surface area contributed by atoms with Crippen LogP contribution in [-0.2, 0) is 4.79 Å². The highest BCUT2D eigenvalue weighted by Crippen LogP contribution is 2.19. The van der Waals surface area contributed by atoms with Crippen LogP contribution >= 0.6 is 15.9 Å². The van der Waals surface area contributed by atoms with Gasteiger partial charge in [0.15, 0.2) is 5.69 Å². The Kier molecular flexibility index (Phi) is 6.83. The summed E-state index contributed by atoms with van der Waals surface area (Å²) in [4.78, 5) is 26.9. The van der Waals surface area contributed by atoms with E-state index < -0.39 is 0 Å². The SMILES string of the molecule is CCN(CC(=O)Nc1cccc(OC)c1)C(=O)c1nnn(-c2cccc(Br)c2)c1C. The van der Waals surface area contributed by atoms with E-state index in [1.54, 1.807) is 43.0 Å². The van der Waals surface area contributed by atoms with Crippen LogP contribution in [0.15, 0.2) is 53.0 Å².